The normalized spacial score (nSPS) is 38.5. The minimum Gasteiger partial charge on any atom is -0.376 e. The summed E-state index contributed by atoms with van der Waals surface area (Å²) in [7, 11) is 0. The number of hydrogen-bond donors (Lipinski definition) is 0. The number of ether oxygens (including phenoxy) is 1. The number of rotatable bonds is 2. The maximum atomic E-state index is 10.2. The van der Waals surface area contributed by atoms with E-state index in [9.17, 15) is 4.79 Å². The van der Waals surface area contributed by atoms with Crippen molar-refractivity contribution >= 4 is 6.29 Å². The van der Waals surface area contributed by atoms with E-state index in [2.05, 4.69) is 13.8 Å². The molecular formula is C9H16O2. The van der Waals surface area contributed by atoms with E-state index >= 15 is 0 Å². The Morgan fingerprint density at radius 3 is 2.36 bits per heavy atom. The molecule has 0 spiro atoms. The fourth-order valence-electron chi connectivity index (χ4n) is 1.87. The molecule has 0 aliphatic carbocycles. The van der Waals surface area contributed by atoms with E-state index in [4.69, 9.17) is 4.74 Å². The average molecular weight is 156 g/mol. The van der Waals surface area contributed by atoms with Gasteiger partial charge in [0.15, 0.2) is 0 Å². The summed E-state index contributed by atoms with van der Waals surface area (Å²) in [5, 5.41) is 0. The van der Waals surface area contributed by atoms with Crippen LogP contribution in [0.1, 0.15) is 33.1 Å². The Morgan fingerprint density at radius 2 is 1.91 bits per heavy atom. The Kier molecular flexibility index (Phi) is 3.06. The van der Waals surface area contributed by atoms with Gasteiger partial charge in [-0.25, -0.2) is 0 Å². The van der Waals surface area contributed by atoms with Crippen molar-refractivity contribution in [2.24, 2.45) is 5.92 Å². The highest BCUT2D eigenvalue weighted by Crippen LogP contribution is 2.26. The van der Waals surface area contributed by atoms with Gasteiger partial charge in [0.25, 0.3) is 0 Å². The first-order valence-corrected chi connectivity index (χ1v) is 4.31. The van der Waals surface area contributed by atoms with Gasteiger partial charge in [0.05, 0.1) is 12.2 Å². The monoisotopic (exact) mass is 156 g/mol. The Morgan fingerprint density at radius 1 is 1.36 bits per heavy atom. The van der Waals surface area contributed by atoms with Crippen molar-refractivity contribution in [2.45, 2.75) is 45.3 Å². The molecule has 1 saturated heterocycles. The van der Waals surface area contributed by atoms with Gasteiger partial charge in [-0.15, -0.1) is 0 Å². The summed E-state index contributed by atoms with van der Waals surface area (Å²) < 4.78 is 5.55. The van der Waals surface area contributed by atoms with Crippen molar-refractivity contribution in [1.29, 1.82) is 0 Å². The number of aldehydes is 1. The maximum absolute atomic E-state index is 10.2. The lowest BCUT2D eigenvalue weighted by Gasteiger charge is -2.30. The summed E-state index contributed by atoms with van der Waals surface area (Å²) in [6.07, 6.45) is 4.49. The van der Waals surface area contributed by atoms with Crippen LogP contribution in [0.5, 0.6) is 0 Å². The van der Waals surface area contributed by atoms with Gasteiger partial charge in [-0.2, -0.15) is 0 Å². The first kappa shape index (κ1) is 8.72. The molecule has 0 amide bonds. The Labute approximate surface area is 67.9 Å². The predicted molar refractivity (Wildman–Crippen MR) is 43.4 cm³/mol. The second-order valence-corrected chi connectivity index (χ2v) is 3.50. The number of carbonyl (C=O) groups is 1. The topological polar surface area (TPSA) is 26.3 Å². The van der Waals surface area contributed by atoms with E-state index in [0.29, 0.717) is 24.5 Å². The minimum absolute atomic E-state index is 0.337. The molecule has 3 atom stereocenters. The highest BCUT2D eigenvalue weighted by molar-refractivity contribution is 5.49. The minimum atomic E-state index is 0.337. The molecule has 0 bridgehead atoms. The molecule has 0 aromatic carbocycles. The standard InChI is InChI=1S/C9H16O2/c1-7-5-9(3-4-10)6-8(2)11-7/h4,7-9H,3,5-6H2,1-2H3/t7-,8+,9?. The van der Waals surface area contributed by atoms with Crippen LogP contribution in [-0.2, 0) is 9.53 Å². The zero-order valence-corrected chi connectivity index (χ0v) is 7.25. The lowest BCUT2D eigenvalue weighted by Crippen LogP contribution is -2.29. The van der Waals surface area contributed by atoms with Gasteiger partial charge >= 0.3 is 0 Å². The van der Waals surface area contributed by atoms with Crippen LogP contribution >= 0.6 is 0 Å². The van der Waals surface area contributed by atoms with Crippen LogP contribution in [0.4, 0.5) is 0 Å². The molecule has 11 heavy (non-hydrogen) atoms. The molecule has 2 nitrogen and oxygen atoms in total. The smallest absolute Gasteiger partial charge is 0.120 e. The molecule has 0 N–H and O–H groups in total. The van der Waals surface area contributed by atoms with E-state index in [1.807, 2.05) is 0 Å². The highest BCUT2D eigenvalue weighted by Gasteiger charge is 2.23. The summed E-state index contributed by atoms with van der Waals surface area (Å²) in [5.74, 6) is 0.561. The number of hydrogen-bond acceptors (Lipinski definition) is 2. The van der Waals surface area contributed by atoms with Crippen molar-refractivity contribution in [2.75, 3.05) is 0 Å². The summed E-state index contributed by atoms with van der Waals surface area (Å²) in [5.41, 5.74) is 0. The van der Waals surface area contributed by atoms with Crippen LogP contribution in [0.15, 0.2) is 0 Å². The number of carbonyl (C=O) groups excluding carboxylic acids is 1. The quantitative estimate of drug-likeness (QED) is 0.570. The molecule has 1 heterocycles. The van der Waals surface area contributed by atoms with Crippen LogP contribution in [0.2, 0.25) is 0 Å². The van der Waals surface area contributed by atoms with Gasteiger partial charge in [-0.05, 0) is 32.6 Å². The predicted octanol–water partition coefficient (Wildman–Crippen LogP) is 1.78. The third-order valence-electron chi connectivity index (χ3n) is 2.22. The third kappa shape index (κ3) is 2.62. The van der Waals surface area contributed by atoms with E-state index in [1.165, 1.54) is 0 Å². The van der Waals surface area contributed by atoms with E-state index in [-0.39, 0.29) is 0 Å². The zero-order chi connectivity index (χ0) is 8.27. The molecular weight excluding hydrogens is 140 g/mol. The molecule has 2 heteroatoms. The van der Waals surface area contributed by atoms with Crippen LogP contribution in [0.25, 0.3) is 0 Å². The van der Waals surface area contributed by atoms with Crippen LogP contribution in [0.3, 0.4) is 0 Å². The summed E-state index contributed by atoms with van der Waals surface area (Å²) >= 11 is 0. The van der Waals surface area contributed by atoms with Crippen molar-refractivity contribution in [3.63, 3.8) is 0 Å². The second kappa shape index (κ2) is 3.86. The zero-order valence-electron chi connectivity index (χ0n) is 7.25. The Hall–Kier alpha value is -0.370. The lowest BCUT2D eigenvalue weighted by molar-refractivity contribution is -0.110. The Balaban J connectivity index is 2.36. The van der Waals surface area contributed by atoms with Crippen LogP contribution < -0.4 is 0 Å². The fourth-order valence-corrected chi connectivity index (χ4v) is 1.87. The van der Waals surface area contributed by atoms with Gasteiger partial charge in [0, 0.05) is 6.42 Å². The third-order valence-corrected chi connectivity index (χ3v) is 2.22. The van der Waals surface area contributed by atoms with E-state index < -0.39 is 0 Å². The van der Waals surface area contributed by atoms with Gasteiger partial charge in [-0.3, -0.25) is 0 Å². The molecule has 1 rings (SSSR count). The van der Waals surface area contributed by atoms with E-state index in [1.54, 1.807) is 0 Å². The fraction of sp³-hybridized carbons (Fsp3) is 0.889. The summed E-state index contributed by atoms with van der Waals surface area (Å²) in [4.78, 5) is 10.2. The molecule has 1 unspecified atom stereocenters. The molecule has 0 saturated carbocycles. The maximum Gasteiger partial charge on any atom is 0.120 e. The van der Waals surface area contributed by atoms with Gasteiger partial charge in [0.1, 0.15) is 6.29 Å². The second-order valence-electron chi connectivity index (χ2n) is 3.50. The SMILES string of the molecule is C[C@@H]1CC(CC=O)C[C@H](C)O1. The highest BCUT2D eigenvalue weighted by atomic mass is 16.5. The molecule has 64 valence electrons. The van der Waals surface area contributed by atoms with Crippen LogP contribution in [0, 0.1) is 5.92 Å². The molecule has 1 aliphatic heterocycles. The first-order chi connectivity index (χ1) is 5.22. The molecule has 0 aromatic rings. The molecule has 0 radical (unpaired) electrons. The summed E-state index contributed by atoms with van der Waals surface area (Å²) in [6.45, 7) is 4.15. The van der Waals surface area contributed by atoms with Gasteiger partial charge in [-0.1, -0.05) is 0 Å². The van der Waals surface area contributed by atoms with Gasteiger partial charge in [0.2, 0.25) is 0 Å². The lowest BCUT2D eigenvalue weighted by atomic mass is 9.90. The summed E-state index contributed by atoms with van der Waals surface area (Å²) in [6, 6.07) is 0. The Bertz CT molecular complexity index is 124. The molecule has 1 aliphatic rings. The molecule has 1 fully saturated rings. The van der Waals surface area contributed by atoms with E-state index in [0.717, 1.165) is 19.1 Å². The van der Waals surface area contributed by atoms with Gasteiger partial charge < -0.3 is 9.53 Å². The first-order valence-electron chi connectivity index (χ1n) is 4.31. The van der Waals surface area contributed by atoms with Crippen molar-refractivity contribution in [3.05, 3.63) is 0 Å². The van der Waals surface area contributed by atoms with Crippen LogP contribution in [-0.4, -0.2) is 18.5 Å². The largest absolute Gasteiger partial charge is 0.376 e. The van der Waals surface area contributed by atoms with Crippen molar-refractivity contribution in [3.8, 4) is 0 Å². The van der Waals surface area contributed by atoms with Crippen molar-refractivity contribution < 1.29 is 9.53 Å². The van der Waals surface area contributed by atoms with Crippen molar-refractivity contribution in [1.82, 2.24) is 0 Å². The average Bonchev–Trinajstić information content (AvgIpc) is 1.85. The molecule has 0 aromatic heterocycles.